The van der Waals surface area contributed by atoms with Gasteiger partial charge >= 0.3 is 6.36 Å². The summed E-state index contributed by atoms with van der Waals surface area (Å²) in [5, 5.41) is 0. The van der Waals surface area contributed by atoms with Crippen LogP contribution in [0.4, 0.5) is 17.6 Å². The molecule has 0 spiro atoms. The van der Waals surface area contributed by atoms with Crippen molar-refractivity contribution in [3.05, 3.63) is 52.7 Å². The summed E-state index contributed by atoms with van der Waals surface area (Å²) in [7, 11) is 1.50. The molecule has 1 aliphatic rings. The van der Waals surface area contributed by atoms with Crippen LogP contribution in [0.3, 0.4) is 0 Å². The number of piperidine rings is 1. The van der Waals surface area contributed by atoms with E-state index in [-0.39, 0.29) is 11.5 Å². The molecule has 0 saturated carbocycles. The number of likely N-dealkylation sites (tertiary alicyclic amines) is 1. The van der Waals surface area contributed by atoms with Crippen molar-refractivity contribution in [1.29, 1.82) is 0 Å². The van der Waals surface area contributed by atoms with E-state index in [1.54, 1.807) is 4.90 Å². The van der Waals surface area contributed by atoms with Gasteiger partial charge in [0.05, 0.1) is 7.11 Å². The number of carbonyl (C=O) groups is 1. The van der Waals surface area contributed by atoms with Gasteiger partial charge in [0.1, 0.15) is 0 Å². The molecule has 5 nitrogen and oxygen atoms in total. The van der Waals surface area contributed by atoms with Crippen LogP contribution in [-0.2, 0) is 4.74 Å². The molecule has 1 aliphatic heterocycles. The van der Waals surface area contributed by atoms with E-state index in [9.17, 15) is 22.4 Å². The number of alkyl halides is 3. The molecule has 0 aliphatic carbocycles. The lowest BCUT2D eigenvalue weighted by Crippen LogP contribution is -2.39. The Balaban J connectivity index is 2.09. The Morgan fingerprint density at radius 1 is 1.30 bits per heavy atom. The fourth-order valence-corrected chi connectivity index (χ4v) is 3.42. The zero-order chi connectivity index (χ0) is 22.5. The molecule has 30 heavy (non-hydrogen) atoms. The number of hydrogen-bond donors (Lipinski definition) is 1. The van der Waals surface area contributed by atoms with Crippen LogP contribution in [0.5, 0.6) is 5.75 Å². The summed E-state index contributed by atoms with van der Waals surface area (Å²) in [6.07, 6.45) is -0.965. The summed E-state index contributed by atoms with van der Waals surface area (Å²) in [6.45, 7) is 4.95. The third-order valence-electron chi connectivity index (χ3n) is 5.18. The number of nitrogens with two attached hydrogens (primary N) is 1. The van der Waals surface area contributed by atoms with Crippen LogP contribution in [0, 0.1) is 11.7 Å². The van der Waals surface area contributed by atoms with Crippen molar-refractivity contribution in [3.8, 4) is 5.75 Å². The number of hydrogen-bond acceptors (Lipinski definition) is 4. The van der Waals surface area contributed by atoms with Gasteiger partial charge in [0.2, 0.25) is 0 Å². The number of methoxy groups -OCH3 is 1. The topological polar surface area (TPSA) is 64.8 Å². The van der Waals surface area contributed by atoms with Crippen molar-refractivity contribution < 1.29 is 31.8 Å². The van der Waals surface area contributed by atoms with E-state index in [2.05, 4.69) is 4.74 Å². The summed E-state index contributed by atoms with van der Waals surface area (Å²) in [4.78, 5) is 14.2. The van der Waals surface area contributed by atoms with Crippen LogP contribution in [-0.4, -0.2) is 37.4 Å². The van der Waals surface area contributed by atoms with Gasteiger partial charge < -0.3 is 20.1 Å². The largest absolute Gasteiger partial charge is 0.573 e. The Morgan fingerprint density at radius 3 is 2.43 bits per heavy atom. The van der Waals surface area contributed by atoms with E-state index in [0.717, 1.165) is 30.2 Å². The van der Waals surface area contributed by atoms with Gasteiger partial charge in [0.15, 0.2) is 17.4 Å². The third kappa shape index (κ3) is 6.14. The second-order valence-corrected chi connectivity index (χ2v) is 7.10. The highest BCUT2D eigenvalue weighted by atomic mass is 19.4. The molecule has 0 aromatic heterocycles. The molecule has 166 valence electrons. The average Bonchev–Trinajstić information content (AvgIpc) is 2.71. The number of nitrogens with zero attached hydrogens (tertiary/aromatic N) is 1. The second kappa shape index (κ2) is 9.86. The lowest BCUT2D eigenvalue weighted by atomic mass is 9.85. The van der Waals surface area contributed by atoms with Gasteiger partial charge in [-0.05, 0) is 55.9 Å². The maximum absolute atomic E-state index is 13.9. The zero-order valence-electron chi connectivity index (χ0n) is 17.2. The molecule has 1 saturated heterocycles. The standard InChI is InChI=1S/C21H26F4N2O3/c1-4-13(2)16(12-19(26)29-3)14-7-9-27(10-8-14)20(28)15-5-6-18(17(22)11-15)30-21(23,24)25/h5-6,11-12,14H,4,7-10,26H2,1-3H3/b16-13-,19-12-. The molecule has 1 fully saturated rings. The molecular weight excluding hydrogens is 404 g/mol. The fraction of sp³-hybridized carbons (Fsp3) is 0.476. The van der Waals surface area contributed by atoms with Gasteiger partial charge in [0.25, 0.3) is 5.91 Å². The van der Waals surface area contributed by atoms with Crippen molar-refractivity contribution in [3.63, 3.8) is 0 Å². The molecular formula is C21H26F4N2O3. The predicted molar refractivity (Wildman–Crippen MR) is 104 cm³/mol. The van der Waals surface area contributed by atoms with Crippen molar-refractivity contribution in [1.82, 2.24) is 4.90 Å². The smallest absolute Gasteiger partial charge is 0.483 e. The Morgan fingerprint density at radius 2 is 1.93 bits per heavy atom. The first kappa shape index (κ1) is 23.6. The molecule has 0 bridgehead atoms. The van der Waals surface area contributed by atoms with Crippen LogP contribution in [0.1, 0.15) is 43.5 Å². The minimum atomic E-state index is -5.00. The monoisotopic (exact) mass is 430 g/mol. The van der Waals surface area contributed by atoms with Crippen LogP contribution in [0.15, 0.2) is 41.3 Å². The first-order valence-corrected chi connectivity index (χ1v) is 9.61. The van der Waals surface area contributed by atoms with E-state index < -0.39 is 23.8 Å². The summed E-state index contributed by atoms with van der Waals surface area (Å²) in [6, 6.07) is 2.71. The highest BCUT2D eigenvalue weighted by Crippen LogP contribution is 2.31. The van der Waals surface area contributed by atoms with Gasteiger partial charge in [0, 0.05) is 24.7 Å². The lowest BCUT2D eigenvalue weighted by Gasteiger charge is -2.33. The number of ether oxygens (including phenoxy) is 2. The summed E-state index contributed by atoms with van der Waals surface area (Å²) in [5.41, 5.74) is 8.06. The van der Waals surface area contributed by atoms with Gasteiger partial charge in [-0.15, -0.1) is 13.2 Å². The van der Waals surface area contributed by atoms with E-state index in [1.807, 2.05) is 19.9 Å². The van der Waals surface area contributed by atoms with Crippen molar-refractivity contribution in [2.75, 3.05) is 20.2 Å². The highest BCUT2D eigenvalue weighted by molar-refractivity contribution is 5.94. The van der Waals surface area contributed by atoms with E-state index >= 15 is 0 Å². The molecule has 1 amide bonds. The van der Waals surface area contributed by atoms with Crippen molar-refractivity contribution >= 4 is 5.91 Å². The molecule has 0 radical (unpaired) electrons. The lowest BCUT2D eigenvalue weighted by molar-refractivity contribution is -0.275. The number of halogens is 4. The van der Waals surface area contributed by atoms with Crippen molar-refractivity contribution in [2.24, 2.45) is 11.7 Å². The summed E-state index contributed by atoms with van der Waals surface area (Å²) < 4.78 is 59.4. The first-order valence-electron chi connectivity index (χ1n) is 9.61. The Hall–Kier alpha value is -2.71. The normalized spacial score (nSPS) is 16.9. The number of carbonyl (C=O) groups excluding carboxylic acids is 1. The number of benzene rings is 1. The highest BCUT2D eigenvalue weighted by Gasteiger charge is 2.33. The minimum Gasteiger partial charge on any atom is -0.483 e. The van der Waals surface area contributed by atoms with Crippen LogP contribution in [0.2, 0.25) is 0 Å². The fourth-order valence-electron chi connectivity index (χ4n) is 3.42. The number of amides is 1. The molecule has 2 rings (SSSR count). The maximum atomic E-state index is 13.9. The second-order valence-electron chi connectivity index (χ2n) is 7.10. The van der Waals surface area contributed by atoms with Gasteiger partial charge in [-0.25, -0.2) is 4.39 Å². The number of rotatable bonds is 6. The maximum Gasteiger partial charge on any atom is 0.573 e. The SMILES string of the molecule is CC/C(C)=C(/C=C(/N)OC)C1CCN(C(=O)c2ccc(OC(F)(F)F)c(F)c2)CC1. The zero-order valence-corrected chi connectivity index (χ0v) is 17.2. The Kier molecular flexibility index (Phi) is 7.75. The Labute approximate surface area is 173 Å². The predicted octanol–water partition coefficient (Wildman–Crippen LogP) is 4.75. The van der Waals surface area contributed by atoms with E-state index in [0.29, 0.717) is 31.8 Å². The molecule has 0 unspecified atom stereocenters. The molecule has 9 heteroatoms. The van der Waals surface area contributed by atoms with E-state index in [1.165, 1.54) is 12.7 Å². The van der Waals surface area contributed by atoms with Gasteiger partial charge in [-0.2, -0.15) is 0 Å². The van der Waals surface area contributed by atoms with E-state index in [4.69, 9.17) is 10.5 Å². The Bertz CT molecular complexity index is 826. The minimum absolute atomic E-state index is 0.0236. The molecule has 0 atom stereocenters. The number of allylic oxidation sites excluding steroid dienone is 3. The molecule has 1 heterocycles. The van der Waals surface area contributed by atoms with Crippen LogP contribution >= 0.6 is 0 Å². The van der Waals surface area contributed by atoms with Gasteiger partial charge in [-0.1, -0.05) is 12.5 Å². The quantitative estimate of drug-likeness (QED) is 0.402. The first-order chi connectivity index (χ1) is 14.1. The van der Waals surface area contributed by atoms with Crippen LogP contribution in [0.25, 0.3) is 0 Å². The summed E-state index contributed by atoms with van der Waals surface area (Å²) >= 11 is 0. The van der Waals surface area contributed by atoms with Crippen LogP contribution < -0.4 is 10.5 Å². The molecule has 2 N–H and O–H groups in total. The van der Waals surface area contributed by atoms with Gasteiger partial charge in [-0.3, -0.25) is 4.79 Å². The molecule has 1 aromatic carbocycles. The third-order valence-corrected chi connectivity index (χ3v) is 5.18. The summed E-state index contributed by atoms with van der Waals surface area (Å²) in [5.74, 6) is -2.13. The molecule has 1 aromatic rings. The van der Waals surface area contributed by atoms with Crippen molar-refractivity contribution in [2.45, 2.75) is 39.5 Å². The average molecular weight is 430 g/mol.